The Labute approximate surface area is 158 Å². The van der Waals surface area contributed by atoms with Gasteiger partial charge in [-0.15, -0.1) is 0 Å². The van der Waals surface area contributed by atoms with E-state index >= 15 is 0 Å². The Balaban J connectivity index is 1.51. The molecule has 0 saturated heterocycles. The lowest BCUT2D eigenvalue weighted by Gasteiger charge is -2.15. The zero-order chi connectivity index (χ0) is 19.1. The van der Waals surface area contributed by atoms with E-state index < -0.39 is 6.04 Å². The largest absolute Gasteiger partial charge is 0.489 e. The average Bonchev–Trinajstić information content (AvgIpc) is 2.70. The highest BCUT2D eigenvalue weighted by molar-refractivity contribution is 5.96. The molecule has 0 fully saturated rings. The SMILES string of the molecule is C[C@H](Nc1ccc(F)cc1)C(=O)Nc1ccc(OCc2ccccc2)cc1. The molecule has 1 amide bonds. The molecule has 3 aromatic rings. The van der Waals surface area contributed by atoms with Gasteiger partial charge >= 0.3 is 0 Å². The first-order valence-electron chi connectivity index (χ1n) is 8.70. The molecule has 3 aromatic carbocycles. The molecule has 1 atom stereocenters. The molecular formula is C22H21FN2O2. The normalized spacial score (nSPS) is 11.5. The molecule has 3 rings (SSSR count). The number of carbonyl (C=O) groups is 1. The molecule has 0 aromatic heterocycles. The van der Waals surface area contributed by atoms with Gasteiger partial charge in [-0.2, -0.15) is 0 Å². The number of halogens is 1. The Morgan fingerprint density at radius 1 is 0.926 bits per heavy atom. The van der Waals surface area contributed by atoms with Gasteiger partial charge in [0.2, 0.25) is 5.91 Å². The average molecular weight is 364 g/mol. The number of benzene rings is 3. The molecule has 0 spiro atoms. The van der Waals surface area contributed by atoms with Crippen molar-refractivity contribution in [3.8, 4) is 5.75 Å². The van der Waals surface area contributed by atoms with Gasteiger partial charge in [-0.1, -0.05) is 30.3 Å². The minimum absolute atomic E-state index is 0.183. The summed E-state index contributed by atoms with van der Waals surface area (Å²) in [5.41, 5.74) is 2.46. The molecule has 0 unspecified atom stereocenters. The van der Waals surface area contributed by atoms with Crippen molar-refractivity contribution in [2.75, 3.05) is 10.6 Å². The number of anilines is 2. The number of carbonyl (C=O) groups excluding carboxylic acids is 1. The quantitative estimate of drug-likeness (QED) is 0.630. The third-order valence-corrected chi connectivity index (χ3v) is 3.99. The molecule has 27 heavy (non-hydrogen) atoms. The second-order valence-corrected chi connectivity index (χ2v) is 6.16. The number of amides is 1. The van der Waals surface area contributed by atoms with Crippen LogP contribution in [0.15, 0.2) is 78.9 Å². The first kappa shape index (κ1) is 18.5. The van der Waals surface area contributed by atoms with Crippen LogP contribution in [0.1, 0.15) is 12.5 Å². The lowest BCUT2D eigenvalue weighted by atomic mass is 10.2. The third kappa shape index (κ3) is 5.57. The summed E-state index contributed by atoms with van der Waals surface area (Å²) in [7, 11) is 0. The van der Waals surface area contributed by atoms with Gasteiger partial charge in [0.15, 0.2) is 0 Å². The molecular weight excluding hydrogens is 343 g/mol. The van der Waals surface area contributed by atoms with Crippen molar-refractivity contribution in [2.45, 2.75) is 19.6 Å². The summed E-state index contributed by atoms with van der Waals surface area (Å²) in [6, 6.07) is 22.6. The lowest BCUT2D eigenvalue weighted by molar-refractivity contribution is -0.116. The first-order chi connectivity index (χ1) is 13.1. The zero-order valence-corrected chi connectivity index (χ0v) is 15.0. The summed E-state index contributed by atoms with van der Waals surface area (Å²) in [6.45, 7) is 2.24. The Hall–Kier alpha value is -3.34. The van der Waals surface area contributed by atoms with Crippen LogP contribution < -0.4 is 15.4 Å². The van der Waals surface area contributed by atoms with Crippen molar-refractivity contribution in [3.05, 3.63) is 90.2 Å². The molecule has 0 bridgehead atoms. The summed E-state index contributed by atoms with van der Waals surface area (Å²) in [5.74, 6) is 0.235. The lowest BCUT2D eigenvalue weighted by Crippen LogP contribution is -2.31. The second-order valence-electron chi connectivity index (χ2n) is 6.16. The van der Waals surface area contributed by atoms with E-state index in [9.17, 15) is 9.18 Å². The fourth-order valence-corrected chi connectivity index (χ4v) is 2.49. The standard InChI is InChI=1S/C22H21FN2O2/c1-16(24-19-9-7-18(23)8-10-19)22(26)25-20-11-13-21(14-12-20)27-15-17-5-3-2-4-6-17/h2-14,16,24H,15H2,1H3,(H,25,26)/t16-/m0/s1. The van der Waals surface area contributed by atoms with E-state index in [4.69, 9.17) is 4.74 Å². The summed E-state index contributed by atoms with van der Waals surface area (Å²) < 4.78 is 18.7. The van der Waals surface area contributed by atoms with Crippen LogP contribution in [0, 0.1) is 5.82 Å². The Morgan fingerprint density at radius 2 is 1.56 bits per heavy atom. The highest BCUT2D eigenvalue weighted by Crippen LogP contribution is 2.18. The smallest absolute Gasteiger partial charge is 0.246 e. The van der Waals surface area contributed by atoms with Crippen molar-refractivity contribution in [1.82, 2.24) is 0 Å². The minimum Gasteiger partial charge on any atom is -0.489 e. The van der Waals surface area contributed by atoms with Crippen LogP contribution in [0.3, 0.4) is 0 Å². The first-order valence-corrected chi connectivity index (χ1v) is 8.70. The summed E-state index contributed by atoms with van der Waals surface area (Å²) in [6.07, 6.45) is 0. The highest BCUT2D eigenvalue weighted by Gasteiger charge is 2.13. The Morgan fingerprint density at radius 3 is 2.22 bits per heavy atom. The topological polar surface area (TPSA) is 50.4 Å². The molecule has 0 aliphatic rings. The van der Waals surface area contributed by atoms with Gasteiger partial charge in [-0.05, 0) is 61.0 Å². The van der Waals surface area contributed by atoms with Crippen molar-refractivity contribution in [3.63, 3.8) is 0 Å². The Bertz CT molecular complexity index is 865. The number of nitrogens with one attached hydrogen (secondary N) is 2. The van der Waals surface area contributed by atoms with E-state index in [1.54, 1.807) is 31.2 Å². The molecule has 0 aliphatic heterocycles. The van der Waals surface area contributed by atoms with E-state index in [0.29, 0.717) is 18.0 Å². The van der Waals surface area contributed by atoms with Crippen LogP contribution in [-0.4, -0.2) is 11.9 Å². The molecule has 0 heterocycles. The second kappa shape index (κ2) is 8.85. The molecule has 0 saturated carbocycles. The van der Waals surface area contributed by atoms with Crippen molar-refractivity contribution < 1.29 is 13.9 Å². The summed E-state index contributed by atoms with van der Waals surface area (Å²) in [4.78, 5) is 12.3. The molecule has 0 aliphatic carbocycles. The zero-order valence-electron chi connectivity index (χ0n) is 15.0. The van der Waals surface area contributed by atoms with Gasteiger partial charge in [0, 0.05) is 11.4 Å². The van der Waals surface area contributed by atoms with Gasteiger partial charge in [-0.3, -0.25) is 4.79 Å². The van der Waals surface area contributed by atoms with E-state index in [0.717, 1.165) is 11.3 Å². The molecule has 0 radical (unpaired) electrons. The van der Waals surface area contributed by atoms with Crippen LogP contribution in [0.4, 0.5) is 15.8 Å². The van der Waals surface area contributed by atoms with E-state index in [1.165, 1.54) is 12.1 Å². The number of ether oxygens (including phenoxy) is 1. The van der Waals surface area contributed by atoms with E-state index in [1.807, 2.05) is 42.5 Å². The molecule has 4 nitrogen and oxygen atoms in total. The monoisotopic (exact) mass is 364 g/mol. The number of hydrogen-bond acceptors (Lipinski definition) is 3. The van der Waals surface area contributed by atoms with Crippen LogP contribution in [-0.2, 0) is 11.4 Å². The minimum atomic E-state index is -0.468. The van der Waals surface area contributed by atoms with Crippen LogP contribution in [0.5, 0.6) is 5.75 Å². The fourth-order valence-electron chi connectivity index (χ4n) is 2.49. The van der Waals surface area contributed by atoms with E-state index in [2.05, 4.69) is 10.6 Å². The molecule has 138 valence electrons. The van der Waals surface area contributed by atoms with Gasteiger partial charge in [0.25, 0.3) is 0 Å². The van der Waals surface area contributed by atoms with Crippen molar-refractivity contribution in [2.24, 2.45) is 0 Å². The summed E-state index contributed by atoms with van der Waals surface area (Å²) in [5, 5.41) is 5.88. The predicted molar refractivity (Wildman–Crippen MR) is 105 cm³/mol. The van der Waals surface area contributed by atoms with Crippen LogP contribution in [0.2, 0.25) is 0 Å². The van der Waals surface area contributed by atoms with Gasteiger partial charge < -0.3 is 15.4 Å². The number of hydrogen-bond donors (Lipinski definition) is 2. The van der Waals surface area contributed by atoms with E-state index in [-0.39, 0.29) is 11.7 Å². The van der Waals surface area contributed by atoms with Gasteiger partial charge in [0.1, 0.15) is 24.2 Å². The van der Waals surface area contributed by atoms with Crippen LogP contribution in [0.25, 0.3) is 0 Å². The van der Waals surface area contributed by atoms with Crippen LogP contribution >= 0.6 is 0 Å². The van der Waals surface area contributed by atoms with Gasteiger partial charge in [-0.25, -0.2) is 4.39 Å². The maximum atomic E-state index is 12.9. The predicted octanol–water partition coefficient (Wildman–Crippen LogP) is 4.84. The third-order valence-electron chi connectivity index (χ3n) is 3.99. The fraction of sp³-hybridized carbons (Fsp3) is 0.136. The van der Waals surface area contributed by atoms with Crippen molar-refractivity contribution in [1.29, 1.82) is 0 Å². The molecule has 2 N–H and O–H groups in total. The summed E-state index contributed by atoms with van der Waals surface area (Å²) >= 11 is 0. The number of rotatable bonds is 7. The Kier molecular flexibility index (Phi) is 6.05. The van der Waals surface area contributed by atoms with Crippen molar-refractivity contribution >= 4 is 17.3 Å². The maximum Gasteiger partial charge on any atom is 0.246 e. The maximum absolute atomic E-state index is 12.9. The molecule has 5 heteroatoms. The highest BCUT2D eigenvalue weighted by atomic mass is 19.1. The van der Waals surface area contributed by atoms with Gasteiger partial charge in [0.05, 0.1) is 0 Å².